The number of carbonyl (C=O) groups is 1. The number of amides is 1. The summed E-state index contributed by atoms with van der Waals surface area (Å²) in [5.74, 6) is -0.680. The largest absolute Gasteiger partial charge is 0.505 e. The lowest BCUT2D eigenvalue weighted by Crippen LogP contribution is -2.30. The van der Waals surface area contributed by atoms with Gasteiger partial charge in [0.1, 0.15) is 10.7 Å². The average Bonchev–Trinajstić information content (AvgIpc) is 2.82. The number of benzene rings is 3. The van der Waals surface area contributed by atoms with Crippen molar-refractivity contribution in [3.8, 4) is 5.75 Å². The van der Waals surface area contributed by atoms with Gasteiger partial charge in [0.25, 0.3) is 5.91 Å². The van der Waals surface area contributed by atoms with Crippen molar-refractivity contribution in [2.24, 2.45) is 5.92 Å². The molecule has 0 atom stereocenters. The second-order valence-corrected chi connectivity index (χ2v) is 11.4. The third kappa shape index (κ3) is 7.06. The van der Waals surface area contributed by atoms with E-state index in [-0.39, 0.29) is 28.9 Å². The van der Waals surface area contributed by atoms with E-state index in [0.29, 0.717) is 34.7 Å². The summed E-state index contributed by atoms with van der Waals surface area (Å²) >= 11 is 6.06. The number of nitrogens with zero attached hydrogens (tertiary/aromatic N) is 1. The van der Waals surface area contributed by atoms with Crippen LogP contribution in [0.4, 0.5) is 4.39 Å². The van der Waals surface area contributed by atoms with Crippen LogP contribution in [0.25, 0.3) is 0 Å². The number of sulfonamides is 1. The van der Waals surface area contributed by atoms with E-state index in [1.807, 2.05) is 0 Å². The standard InChI is InChI=1S/C27H30ClFN2O4S/c1-18(2)12-13-30-27(33)22-8-4-20(5-9-22)16-31(17-21-6-10-23(29)11-7-21)36(34,35)25-15-19(3)14-24(28)26(25)32/h4-11,14-15,18,32H,12-13,16-17H2,1-3H3,(H,30,33). The van der Waals surface area contributed by atoms with Crippen molar-refractivity contribution in [1.82, 2.24) is 9.62 Å². The van der Waals surface area contributed by atoms with E-state index in [1.54, 1.807) is 31.2 Å². The molecule has 36 heavy (non-hydrogen) atoms. The van der Waals surface area contributed by atoms with Crippen LogP contribution in [0.1, 0.15) is 47.3 Å². The molecule has 0 unspecified atom stereocenters. The maximum atomic E-state index is 13.7. The van der Waals surface area contributed by atoms with E-state index < -0.39 is 21.6 Å². The molecule has 0 saturated heterocycles. The Morgan fingerprint density at radius 1 is 1.03 bits per heavy atom. The zero-order valence-electron chi connectivity index (χ0n) is 20.5. The molecule has 0 aliphatic rings. The molecule has 0 aromatic heterocycles. The number of halogens is 2. The molecule has 6 nitrogen and oxygen atoms in total. The smallest absolute Gasteiger partial charge is 0.251 e. The van der Waals surface area contributed by atoms with Gasteiger partial charge >= 0.3 is 0 Å². The van der Waals surface area contributed by atoms with Gasteiger partial charge in [0, 0.05) is 25.2 Å². The Bertz CT molecular complexity index is 1310. The van der Waals surface area contributed by atoms with Crippen LogP contribution in [0, 0.1) is 18.7 Å². The molecule has 9 heteroatoms. The maximum Gasteiger partial charge on any atom is 0.251 e. The molecule has 3 aromatic carbocycles. The summed E-state index contributed by atoms with van der Waals surface area (Å²) in [4.78, 5) is 12.1. The van der Waals surface area contributed by atoms with Gasteiger partial charge in [-0.25, -0.2) is 12.8 Å². The maximum absolute atomic E-state index is 13.7. The predicted molar refractivity (Wildman–Crippen MR) is 139 cm³/mol. The van der Waals surface area contributed by atoms with Crippen LogP contribution in [0.2, 0.25) is 5.02 Å². The second kappa shape index (κ2) is 11.9. The highest BCUT2D eigenvalue weighted by Crippen LogP contribution is 2.35. The first kappa shape index (κ1) is 27.6. The third-order valence-electron chi connectivity index (χ3n) is 5.65. The SMILES string of the molecule is Cc1cc(Cl)c(O)c(S(=O)(=O)N(Cc2ccc(F)cc2)Cc2ccc(C(=O)NCCC(C)C)cc2)c1. The fraction of sp³-hybridized carbons (Fsp3) is 0.296. The molecule has 192 valence electrons. The molecular formula is C27H30ClFN2O4S. The Hall–Kier alpha value is -2.94. The van der Waals surface area contributed by atoms with E-state index in [9.17, 15) is 22.7 Å². The summed E-state index contributed by atoms with van der Waals surface area (Å²) in [7, 11) is -4.20. The summed E-state index contributed by atoms with van der Waals surface area (Å²) in [6, 6.07) is 15.0. The Balaban J connectivity index is 1.89. The highest BCUT2D eigenvalue weighted by molar-refractivity contribution is 7.89. The monoisotopic (exact) mass is 532 g/mol. The fourth-order valence-corrected chi connectivity index (χ4v) is 5.53. The van der Waals surface area contributed by atoms with E-state index in [4.69, 9.17) is 11.6 Å². The minimum Gasteiger partial charge on any atom is -0.505 e. The van der Waals surface area contributed by atoms with Crippen molar-refractivity contribution in [3.63, 3.8) is 0 Å². The number of aryl methyl sites for hydroxylation is 1. The molecule has 3 rings (SSSR count). The van der Waals surface area contributed by atoms with Crippen LogP contribution in [-0.2, 0) is 23.1 Å². The number of phenols is 1. The topological polar surface area (TPSA) is 86.7 Å². The quantitative estimate of drug-likeness (QED) is 0.353. The minimum absolute atomic E-state index is 0.0417. The molecule has 0 fully saturated rings. The first-order valence-electron chi connectivity index (χ1n) is 11.6. The molecule has 2 N–H and O–H groups in total. The number of nitrogens with one attached hydrogen (secondary N) is 1. The van der Waals surface area contributed by atoms with Crippen molar-refractivity contribution in [3.05, 3.63) is 93.8 Å². The van der Waals surface area contributed by atoms with E-state index in [2.05, 4.69) is 19.2 Å². The second-order valence-electron chi connectivity index (χ2n) is 9.13. The summed E-state index contributed by atoms with van der Waals surface area (Å²) in [6.45, 7) is 6.31. The zero-order valence-corrected chi connectivity index (χ0v) is 22.0. The van der Waals surface area contributed by atoms with Crippen LogP contribution in [0.5, 0.6) is 5.75 Å². The molecule has 0 spiro atoms. The van der Waals surface area contributed by atoms with Crippen LogP contribution < -0.4 is 5.32 Å². The van der Waals surface area contributed by atoms with Gasteiger partial charge in [-0.3, -0.25) is 4.79 Å². The van der Waals surface area contributed by atoms with Crippen molar-refractivity contribution < 1.29 is 22.7 Å². The molecule has 3 aromatic rings. The molecule has 0 aliphatic heterocycles. The zero-order chi connectivity index (χ0) is 26.5. The normalized spacial score (nSPS) is 11.8. The van der Waals surface area contributed by atoms with Crippen LogP contribution in [0.15, 0.2) is 65.6 Å². The number of hydrogen-bond acceptors (Lipinski definition) is 4. The van der Waals surface area contributed by atoms with Gasteiger partial charge in [-0.15, -0.1) is 0 Å². The first-order chi connectivity index (χ1) is 17.0. The fourth-order valence-electron chi connectivity index (χ4n) is 3.60. The van der Waals surface area contributed by atoms with Crippen molar-refractivity contribution in [2.45, 2.75) is 45.2 Å². The Labute approximate surface area is 216 Å². The molecular weight excluding hydrogens is 503 g/mol. The minimum atomic E-state index is -4.20. The van der Waals surface area contributed by atoms with Gasteiger partial charge in [0.15, 0.2) is 5.75 Å². The highest BCUT2D eigenvalue weighted by atomic mass is 35.5. The predicted octanol–water partition coefficient (Wildman–Crippen LogP) is 5.66. The van der Waals surface area contributed by atoms with Crippen LogP contribution in [-0.4, -0.2) is 30.3 Å². The van der Waals surface area contributed by atoms with Crippen molar-refractivity contribution >= 4 is 27.5 Å². The third-order valence-corrected chi connectivity index (χ3v) is 7.74. The molecule has 0 aliphatic carbocycles. The number of rotatable bonds is 10. The number of aromatic hydroxyl groups is 1. The van der Waals surface area contributed by atoms with E-state index in [1.165, 1.54) is 40.7 Å². The van der Waals surface area contributed by atoms with Gasteiger partial charge in [0.2, 0.25) is 10.0 Å². The van der Waals surface area contributed by atoms with Crippen LogP contribution >= 0.6 is 11.6 Å². The lowest BCUT2D eigenvalue weighted by Gasteiger charge is -2.23. The van der Waals surface area contributed by atoms with Crippen molar-refractivity contribution in [2.75, 3.05) is 6.54 Å². The lowest BCUT2D eigenvalue weighted by molar-refractivity contribution is 0.0952. The van der Waals surface area contributed by atoms with Gasteiger partial charge < -0.3 is 10.4 Å². The molecule has 0 saturated carbocycles. The van der Waals surface area contributed by atoms with Gasteiger partial charge in [-0.2, -0.15) is 4.31 Å². The molecule has 0 heterocycles. The number of hydrogen-bond donors (Lipinski definition) is 2. The van der Waals surface area contributed by atoms with Crippen LogP contribution in [0.3, 0.4) is 0 Å². The summed E-state index contributed by atoms with van der Waals surface area (Å²) in [5.41, 5.74) is 2.25. The van der Waals surface area contributed by atoms with Crippen molar-refractivity contribution in [1.29, 1.82) is 0 Å². The summed E-state index contributed by atoms with van der Waals surface area (Å²) in [5, 5.41) is 13.3. The highest BCUT2D eigenvalue weighted by Gasteiger charge is 2.29. The number of carbonyl (C=O) groups excluding carboxylic acids is 1. The molecule has 0 bridgehead atoms. The van der Waals surface area contributed by atoms with E-state index >= 15 is 0 Å². The number of phenolic OH excluding ortho intramolecular Hbond substituents is 1. The Kier molecular flexibility index (Phi) is 9.11. The van der Waals surface area contributed by atoms with E-state index in [0.717, 1.165) is 6.42 Å². The molecule has 0 radical (unpaired) electrons. The lowest BCUT2D eigenvalue weighted by atomic mass is 10.1. The van der Waals surface area contributed by atoms with Gasteiger partial charge in [-0.05, 0) is 72.4 Å². The van der Waals surface area contributed by atoms with Gasteiger partial charge in [0.05, 0.1) is 5.02 Å². The Morgan fingerprint density at radius 2 is 1.58 bits per heavy atom. The summed E-state index contributed by atoms with van der Waals surface area (Å²) in [6.07, 6.45) is 0.871. The molecule has 1 amide bonds. The first-order valence-corrected chi connectivity index (χ1v) is 13.4. The Morgan fingerprint density at radius 3 is 2.14 bits per heavy atom. The summed E-state index contributed by atoms with van der Waals surface area (Å²) < 4.78 is 41.9. The average molecular weight is 533 g/mol. The van der Waals surface area contributed by atoms with Gasteiger partial charge in [-0.1, -0.05) is 49.7 Å².